The zero-order valence-electron chi connectivity index (χ0n) is 55.1. The molecule has 0 aromatic heterocycles. The number of carbonyl (C=O) groups is 4. The summed E-state index contributed by atoms with van der Waals surface area (Å²) in [4.78, 5) is 72.2. The predicted octanol–water partition coefficient (Wildman–Crippen LogP) is 18.4. The number of carbonyl (C=O) groups excluding carboxylic acids is 4. The molecule has 0 heterocycles. The lowest BCUT2D eigenvalue weighted by atomic mass is 10.0. The highest BCUT2D eigenvalue weighted by atomic mass is 31.2. The van der Waals surface area contributed by atoms with Crippen LogP contribution in [0.2, 0.25) is 0 Å². The van der Waals surface area contributed by atoms with Crippen molar-refractivity contribution in [3.8, 4) is 0 Å². The fourth-order valence-corrected chi connectivity index (χ4v) is 11.1. The molecule has 0 rings (SSSR count). The van der Waals surface area contributed by atoms with E-state index in [0.29, 0.717) is 31.6 Å². The van der Waals surface area contributed by atoms with Crippen LogP contribution < -0.4 is 0 Å². The maximum Gasteiger partial charge on any atom is 0.472 e. The van der Waals surface area contributed by atoms with E-state index >= 15 is 0 Å². The van der Waals surface area contributed by atoms with Crippen molar-refractivity contribution in [1.82, 2.24) is 0 Å². The molecule has 0 aromatic rings. The third-order valence-electron chi connectivity index (χ3n) is 14.8. The summed E-state index contributed by atoms with van der Waals surface area (Å²) in [6.45, 7) is 9.33. The average molecular weight is 1270 g/mol. The van der Waals surface area contributed by atoms with Crippen molar-refractivity contribution in [1.29, 1.82) is 0 Å². The van der Waals surface area contributed by atoms with Gasteiger partial charge in [0.25, 0.3) is 0 Å². The minimum atomic E-state index is -4.96. The molecule has 0 aliphatic rings. The highest BCUT2D eigenvalue weighted by Crippen LogP contribution is 2.45. The SMILES string of the molecule is CCCCCC/C=C\C=C/CCCCCCCC(=O)O[C@H](COC(=O)CCCCCCCCCCCCCCC(C)C)COP(=O)(O)OC[C@@H](O)COP(=O)(O)OC[C@@H](COC(=O)CCCCCCCCC)OC(=O)CCCCCCCCC(C)C. The number of esters is 4. The van der Waals surface area contributed by atoms with Crippen LogP contribution in [0.15, 0.2) is 24.3 Å². The highest BCUT2D eigenvalue weighted by Gasteiger charge is 2.30. The standard InChI is InChI=1S/C67H126O17P2/c1-7-9-11-13-15-16-17-18-19-20-25-28-32-39-45-51-66(71)83-62(56-78-65(70)50-44-38-31-27-24-22-21-23-26-30-35-41-47-59(3)4)57-81-85(73,74)79-53-61(68)54-80-86(75,76)82-58-63(55-77-64(69)49-43-37-29-14-12-10-8-2)84-67(72)52-46-40-34-33-36-42-48-60(5)6/h16-19,59-63,68H,7-15,20-58H2,1-6H3,(H,73,74)(H,75,76)/b17-16-,19-18-/t61-,62-,63-/m1/s1. The van der Waals surface area contributed by atoms with Crippen molar-refractivity contribution in [2.75, 3.05) is 39.6 Å². The fraction of sp³-hybridized carbons (Fsp3) is 0.881. The van der Waals surface area contributed by atoms with Crippen molar-refractivity contribution < 1.29 is 80.2 Å². The molecule has 0 radical (unpaired) electrons. The van der Waals surface area contributed by atoms with E-state index in [2.05, 4.69) is 65.8 Å². The topological polar surface area (TPSA) is 237 Å². The molecule has 0 fully saturated rings. The van der Waals surface area contributed by atoms with Crippen LogP contribution in [0.4, 0.5) is 0 Å². The van der Waals surface area contributed by atoms with Gasteiger partial charge in [-0.15, -0.1) is 0 Å². The van der Waals surface area contributed by atoms with Crippen LogP contribution in [0.1, 0.15) is 311 Å². The van der Waals surface area contributed by atoms with Gasteiger partial charge in [0, 0.05) is 25.7 Å². The molecule has 17 nitrogen and oxygen atoms in total. The quantitative estimate of drug-likeness (QED) is 0.0169. The van der Waals surface area contributed by atoms with Gasteiger partial charge in [-0.1, -0.05) is 258 Å². The summed E-state index contributed by atoms with van der Waals surface area (Å²) in [7, 11) is -9.90. The van der Waals surface area contributed by atoms with Gasteiger partial charge in [-0.3, -0.25) is 37.3 Å². The normalized spacial score (nSPS) is 14.4. The van der Waals surface area contributed by atoms with E-state index in [4.69, 9.17) is 37.0 Å². The molecular weight excluding hydrogens is 1140 g/mol. The van der Waals surface area contributed by atoms with E-state index in [-0.39, 0.29) is 25.7 Å². The second-order valence-corrected chi connectivity index (χ2v) is 27.4. The second-order valence-electron chi connectivity index (χ2n) is 24.5. The van der Waals surface area contributed by atoms with Gasteiger partial charge in [0.05, 0.1) is 26.4 Å². The molecule has 0 aliphatic carbocycles. The Morgan fingerprint density at radius 3 is 0.953 bits per heavy atom. The monoisotopic (exact) mass is 1260 g/mol. The first-order valence-electron chi connectivity index (χ1n) is 34.3. The van der Waals surface area contributed by atoms with Crippen LogP contribution in [0, 0.1) is 11.8 Å². The van der Waals surface area contributed by atoms with Gasteiger partial charge < -0.3 is 33.8 Å². The molecule has 3 N–H and O–H groups in total. The first kappa shape index (κ1) is 83.5. The summed E-state index contributed by atoms with van der Waals surface area (Å²) in [6, 6.07) is 0. The minimum absolute atomic E-state index is 0.0846. The molecule has 506 valence electrons. The third-order valence-corrected chi connectivity index (χ3v) is 16.7. The fourth-order valence-electron chi connectivity index (χ4n) is 9.52. The number of phosphoric ester groups is 2. The van der Waals surface area contributed by atoms with Crippen molar-refractivity contribution >= 4 is 39.5 Å². The summed E-state index contributed by atoms with van der Waals surface area (Å²) < 4.78 is 67.9. The van der Waals surface area contributed by atoms with E-state index in [1.54, 1.807) is 0 Å². The van der Waals surface area contributed by atoms with Gasteiger partial charge in [-0.25, -0.2) is 9.13 Å². The number of rotatable bonds is 64. The number of ether oxygens (including phenoxy) is 4. The van der Waals surface area contributed by atoms with Gasteiger partial charge in [-0.2, -0.15) is 0 Å². The first-order chi connectivity index (χ1) is 41.4. The molecule has 5 atom stereocenters. The molecule has 0 saturated heterocycles. The Labute approximate surface area is 522 Å². The first-order valence-corrected chi connectivity index (χ1v) is 37.3. The van der Waals surface area contributed by atoms with Crippen LogP contribution >= 0.6 is 15.6 Å². The largest absolute Gasteiger partial charge is 0.472 e. The zero-order valence-corrected chi connectivity index (χ0v) is 56.9. The van der Waals surface area contributed by atoms with Gasteiger partial charge in [0.1, 0.15) is 19.3 Å². The Kier molecular flexibility index (Phi) is 57.2. The number of hydrogen-bond acceptors (Lipinski definition) is 15. The van der Waals surface area contributed by atoms with Crippen LogP contribution in [0.3, 0.4) is 0 Å². The lowest BCUT2D eigenvalue weighted by molar-refractivity contribution is -0.161. The minimum Gasteiger partial charge on any atom is -0.462 e. The van der Waals surface area contributed by atoms with Crippen molar-refractivity contribution in [2.24, 2.45) is 11.8 Å². The van der Waals surface area contributed by atoms with Crippen LogP contribution in [-0.4, -0.2) is 96.7 Å². The molecule has 2 unspecified atom stereocenters. The number of hydrogen-bond donors (Lipinski definition) is 3. The zero-order chi connectivity index (χ0) is 63.6. The van der Waals surface area contributed by atoms with E-state index < -0.39 is 97.5 Å². The highest BCUT2D eigenvalue weighted by molar-refractivity contribution is 7.47. The lowest BCUT2D eigenvalue weighted by Crippen LogP contribution is -2.30. The molecule has 86 heavy (non-hydrogen) atoms. The average Bonchev–Trinajstić information content (AvgIpc) is 3.68. The van der Waals surface area contributed by atoms with Crippen molar-refractivity contribution in [2.45, 2.75) is 330 Å². The number of aliphatic hydroxyl groups is 1. The molecule has 0 aromatic carbocycles. The molecular formula is C67H126O17P2. The Morgan fingerprint density at radius 1 is 0.360 bits per heavy atom. The van der Waals surface area contributed by atoms with Crippen molar-refractivity contribution in [3.63, 3.8) is 0 Å². The van der Waals surface area contributed by atoms with Gasteiger partial charge >= 0.3 is 39.5 Å². The van der Waals surface area contributed by atoms with Crippen LogP contribution in [-0.2, 0) is 65.4 Å². The number of phosphoric acid groups is 2. The molecule has 0 bridgehead atoms. The van der Waals surface area contributed by atoms with E-state index in [1.165, 1.54) is 103 Å². The Balaban J connectivity index is 5.24. The maximum absolute atomic E-state index is 13.0. The van der Waals surface area contributed by atoms with Crippen LogP contribution in [0.5, 0.6) is 0 Å². The van der Waals surface area contributed by atoms with Crippen LogP contribution in [0.25, 0.3) is 0 Å². The van der Waals surface area contributed by atoms with Crippen molar-refractivity contribution in [3.05, 3.63) is 24.3 Å². The van der Waals surface area contributed by atoms with E-state index in [0.717, 1.165) is 121 Å². The summed E-state index contributed by atoms with van der Waals surface area (Å²) in [5, 5.41) is 10.5. The third kappa shape index (κ3) is 60.5. The van der Waals surface area contributed by atoms with Gasteiger partial charge in [0.15, 0.2) is 12.2 Å². The Bertz CT molecular complexity index is 1780. The molecule has 0 saturated carbocycles. The van der Waals surface area contributed by atoms with E-state index in [9.17, 15) is 43.2 Å². The second kappa shape index (κ2) is 58.9. The van der Waals surface area contributed by atoms with Gasteiger partial charge in [0.2, 0.25) is 0 Å². The number of allylic oxidation sites excluding steroid dienone is 4. The molecule has 19 heteroatoms. The summed E-state index contributed by atoms with van der Waals surface area (Å²) in [5.41, 5.74) is 0. The summed E-state index contributed by atoms with van der Waals surface area (Å²) in [5.74, 6) is -0.721. The lowest BCUT2D eigenvalue weighted by Gasteiger charge is -2.21. The molecule has 0 amide bonds. The smallest absolute Gasteiger partial charge is 0.462 e. The molecule has 0 aliphatic heterocycles. The van der Waals surface area contributed by atoms with Gasteiger partial charge in [-0.05, 0) is 63.2 Å². The Hall–Kier alpha value is -2.46. The summed E-state index contributed by atoms with van der Waals surface area (Å²) >= 11 is 0. The van der Waals surface area contributed by atoms with E-state index in [1.807, 2.05) is 0 Å². The number of aliphatic hydroxyl groups excluding tert-OH is 1. The maximum atomic E-state index is 13.0. The Morgan fingerprint density at radius 2 is 0.628 bits per heavy atom. The summed E-state index contributed by atoms with van der Waals surface area (Å²) in [6.07, 6.45) is 45.6. The number of unbranched alkanes of at least 4 members (excludes halogenated alkanes) is 31. The molecule has 0 spiro atoms. The predicted molar refractivity (Wildman–Crippen MR) is 344 cm³/mol.